The maximum absolute atomic E-state index is 5.69. The van der Waals surface area contributed by atoms with Crippen molar-refractivity contribution >= 4 is 0 Å². The van der Waals surface area contributed by atoms with E-state index in [1.165, 1.54) is 32.1 Å². The van der Waals surface area contributed by atoms with E-state index in [1.54, 1.807) is 0 Å². The highest BCUT2D eigenvalue weighted by atomic mass is 15.3. The van der Waals surface area contributed by atoms with Crippen LogP contribution < -0.4 is 11.3 Å². The van der Waals surface area contributed by atoms with Crippen LogP contribution in [0.25, 0.3) is 5.69 Å². The van der Waals surface area contributed by atoms with E-state index < -0.39 is 0 Å². The van der Waals surface area contributed by atoms with Gasteiger partial charge >= 0.3 is 0 Å². The molecule has 1 unspecified atom stereocenters. The molecular formula is C17H26N4. The summed E-state index contributed by atoms with van der Waals surface area (Å²) in [4.78, 5) is 0. The molecule has 1 aromatic heterocycles. The van der Waals surface area contributed by atoms with Crippen molar-refractivity contribution in [2.75, 3.05) is 0 Å². The third-order valence-electron chi connectivity index (χ3n) is 3.78. The summed E-state index contributed by atoms with van der Waals surface area (Å²) >= 11 is 0. The van der Waals surface area contributed by atoms with E-state index in [0.717, 1.165) is 17.8 Å². The Morgan fingerprint density at radius 2 is 1.86 bits per heavy atom. The Hall–Kier alpha value is -1.65. The quantitative estimate of drug-likeness (QED) is 0.419. The van der Waals surface area contributed by atoms with Crippen molar-refractivity contribution in [3.63, 3.8) is 0 Å². The second-order valence-electron chi connectivity index (χ2n) is 5.44. The average molecular weight is 286 g/mol. The third-order valence-corrected chi connectivity index (χ3v) is 3.78. The highest BCUT2D eigenvalue weighted by Crippen LogP contribution is 2.19. The van der Waals surface area contributed by atoms with Gasteiger partial charge in [0.15, 0.2) is 0 Å². The number of nitrogens with one attached hydrogen (secondary N) is 1. The van der Waals surface area contributed by atoms with E-state index in [0.29, 0.717) is 0 Å². The molecule has 3 N–H and O–H groups in total. The van der Waals surface area contributed by atoms with E-state index in [4.69, 9.17) is 5.84 Å². The summed E-state index contributed by atoms with van der Waals surface area (Å²) in [6.07, 6.45) is 9.40. The van der Waals surface area contributed by atoms with Crippen LogP contribution >= 0.6 is 0 Å². The van der Waals surface area contributed by atoms with Gasteiger partial charge in [-0.05, 0) is 24.6 Å². The van der Waals surface area contributed by atoms with Crippen LogP contribution in [0.5, 0.6) is 0 Å². The average Bonchev–Trinajstić information content (AvgIpc) is 3.01. The molecule has 0 radical (unpaired) electrons. The van der Waals surface area contributed by atoms with Crippen molar-refractivity contribution in [3.8, 4) is 5.69 Å². The third kappa shape index (κ3) is 4.69. The molecule has 2 aromatic rings. The zero-order chi connectivity index (χ0) is 14.9. The molecule has 1 atom stereocenters. The number of aromatic nitrogens is 2. The molecule has 2 rings (SSSR count). The van der Waals surface area contributed by atoms with Gasteiger partial charge in [-0.3, -0.25) is 11.3 Å². The van der Waals surface area contributed by atoms with Gasteiger partial charge in [0.25, 0.3) is 0 Å². The Morgan fingerprint density at radius 3 is 2.57 bits per heavy atom. The Kier molecular flexibility index (Phi) is 6.44. The summed E-state index contributed by atoms with van der Waals surface area (Å²) in [5.41, 5.74) is 4.98. The molecule has 0 aliphatic heterocycles. The van der Waals surface area contributed by atoms with E-state index in [-0.39, 0.29) is 6.04 Å². The standard InChI is InChI=1S/C17H26N4/c1-2-3-4-5-9-12-16(19-18)17-13-14-21(20-17)15-10-7-6-8-11-15/h6-8,10-11,13-14,16,19H,2-5,9,12,18H2,1H3. The fourth-order valence-electron chi connectivity index (χ4n) is 2.52. The lowest BCUT2D eigenvalue weighted by Crippen LogP contribution is -2.28. The van der Waals surface area contributed by atoms with Crippen LogP contribution in [0.15, 0.2) is 42.6 Å². The summed E-state index contributed by atoms with van der Waals surface area (Å²) < 4.78 is 1.90. The monoisotopic (exact) mass is 286 g/mol. The lowest BCUT2D eigenvalue weighted by atomic mass is 10.0. The van der Waals surface area contributed by atoms with Crippen molar-refractivity contribution in [2.45, 2.75) is 51.5 Å². The molecule has 0 spiro atoms. The maximum atomic E-state index is 5.69. The minimum Gasteiger partial charge on any atom is -0.271 e. The number of para-hydroxylation sites is 1. The van der Waals surface area contributed by atoms with Crippen LogP contribution in [0.4, 0.5) is 0 Å². The van der Waals surface area contributed by atoms with Crippen LogP contribution in [0.2, 0.25) is 0 Å². The van der Waals surface area contributed by atoms with Gasteiger partial charge in [-0.25, -0.2) is 4.68 Å². The van der Waals surface area contributed by atoms with Gasteiger partial charge in [0.05, 0.1) is 17.4 Å². The first kappa shape index (κ1) is 15.7. The van der Waals surface area contributed by atoms with E-state index in [1.807, 2.05) is 47.3 Å². The highest BCUT2D eigenvalue weighted by Gasteiger charge is 2.12. The molecular weight excluding hydrogens is 260 g/mol. The van der Waals surface area contributed by atoms with Crippen molar-refractivity contribution in [2.24, 2.45) is 5.84 Å². The first-order valence-corrected chi connectivity index (χ1v) is 7.92. The smallest absolute Gasteiger partial charge is 0.0811 e. The fourth-order valence-corrected chi connectivity index (χ4v) is 2.52. The Morgan fingerprint density at radius 1 is 1.10 bits per heavy atom. The first-order chi connectivity index (χ1) is 10.3. The second kappa shape index (κ2) is 8.60. The molecule has 0 amide bonds. The van der Waals surface area contributed by atoms with Gasteiger partial charge in [0, 0.05) is 6.20 Å². The van der Waals surface area contributed by atoms with Crippen LogP contribution in [0, 0.1) is 0 Å². The predicted octanol–water partition coefficient (Wildman–Crippen LogP) is 3.74. The predicted molar refractivity (Wildman–Crippen MR) is 87.0 cm³/mol. The molecule has 0 aliphatic rings. The number of hydrazine groups is 1. The number of nitrogens with zero attached hydrogens (tertiary/aromatic N) is 2. The summed E-state index contributed by atoms with van der Waals surface area (Å²) in [6.45, 7) is 2.24. The molecule has 0 bridgehead atoms. The summed E-state index contributed by atoms with van der Waals surface area (Å²) in [5, 5.41) is 4.64. The van der Waals surface area contributed by atoms with Gasteiger partial charge in [0.1, 0.15) is 0 Å². The van der Waals surface area contributed by atoms with Gasteiger partial charge in [-0.15, -0.1) is 0 Å². The number of rotatable bonds is 9. The number of nitrogens with two attached hydrogens (primary N) is 1. The fraction of sp³-hybridized carbons (Fsp3) is 0.471. The zero-order valence-corrected chi connectivity index (χ0v) is 12.8. The molecule has 1 heterocycles. The van der Waals surface area contributed by atoms with Gasteiger partial charge < -0.3 is 0 Å². The molecule has 4 heteroatoms. The molecule has 114 valence electrons. The van der Waals surface area contributed by atoms with Crippen molar-refractivity contribution < 1.29 is 0 Å². The molecule has 1 aromatic carbocycles. The molecule has 21 heavy (non-hydrogen) atoms. The number of benzene rings is 1. The van der Waals surface area contributed by atoms with E-state index in [2.05, 4.69) is 17.4 Å². The minimum absolute atomic E-state index is 0.136. The van der Waals surface area contributed by atoms with E-state index in [9.17, 15) is 0 Å². The van der Waals surface area contributed by atoms with Gasteiger partial charge in [-0.2, -0.15) is 5.10 Å². The number of hydrogen-bond donors (Lipinski definition) is 2. The van der Waals surface area contributed by atoms with Crippen LogP contribution in [-0.4, -0.2) is 9.78 Å². The van der Waals surface area contributed by atoms with Crippen LogP contribution in [0.3, 0.4) is 0 Å². The van der Waals surface area contributed by atoms with Gasteiger partial charge in [-0.1, -0.05) is 57.2 Å². The summed E-state index contributed by atoms with van der Waals surface area (Å²) in [7, 11) is 0. The largest absolute Gasteiger partial charge is 0.271 e. The second-order valence-corrected chi connectivity index (χ2v) is 5.44. The van der Waals surface area contributed by atoms with Crippen molar-refractivity contribution in [1.29, 1.82) is 0 Å². The molecule has 0 saturated carbocycles. The lowest BCUT2D eigenvalue weighted by molar-refractivity contribution is 0.467. The Balaban J connectivity index is 1.92. The minimum atomic E-state index is 0.136. The topological polar surface area (TPSA) is 55.9 Å². The van der Waals surface area contributed by atoms with Crippen LogP contribution in [0.1, 0.15) is 57.2 Å². The molecule has 0 saturated heterocycles. The van der Waals surface area contributed by atoms with Crippen molar-refractivity contribution in [1.82, 2.24) is 15.2 Å². The summed E-state index contributed by atoms with van der Waals surface area (Å²) in [6, 6.07) is 12.3. The lowest BCUT2D eigenvalue weighted by Gasteiger charge is -2.13. The number of unbranched alkanes of at least 4 members (excludes halogenated alkanes) is 4. The molecule has 0 fully saturated rings. The SMILES string of the molecule is CCCCCCCC(NN)c1ccn(-c2ccccc2)n1. The molecule has 0 aliphatic carbocycles. The first-order valence-electron chi connectivity index (χ1n) is 7.92. The van der Waals surface area contributed by atoms with Gasteiger partial charge in [0.2, 0.25) is 0 Å². The highest BCUT2D eigenvalue weighted by molar-refractivity contribution is 5.30. The zero-order valence-electron chi connectivity index (χ0n) is 12.8. The maximum Gasteiger partial charge on any atom is 0.0811 e. The van der Waals surface area contributed by atoms with E-state index >= 15 is 0 Å². The Labute approximate surface area is 127 Å². The summed E-state index contributed by atoms with van der Waals surface area (Å²) in [5.74, 6) is 5.69. The van der Waals surface area contributed by atoms with Crippen LogP contribution in [-0.2, 0) is 0 Å². The molecule has 4 nitrogen and oxygen atoms in total. The van der Waals surface area contributed by atoms with Crippen molar-refractivity contribution in [3.05, 3.63) is 48.3 Å². The normalized spacial score (nSPS) is 12.5. The Bertz CT molecular complexity index is 507. The number of hydrogen-bond acceptors (Lipinski definition) is 3.